The zero-order valence-electron chi connectivity index (χ0n) is 23.3. The van der Waals surface area contributed by atoms with E-state index in [1.807, 2.05) is 12.1 Å². The first-order valence-corrected chi connectivity index (χ1v) is 14.9. The number of fused-ring (bicyclic) bond motifs is 5. The predicted molar refractivity (Wildman–Crippen MR) is 183 cm³/mol. The summed E-state index contributed by atoms with van der Waals surface area (Å²) in [4.78, 5) is 0. The van der Waals surface area contributed by atoms with Crippen molar-refractivity contribution in [2.24, 2.45) is 0 Å². The summed E-state index contributed by atoms with van der Waals surface area (Å²) >= 11 is 0. The molecule has 0 saturated heterocycles. The molecule has 1 aromatic heterocycles. The Morgan fingerprint density at radius 3 is 1.60 bits per heavy atom. The van der Waals surface area contributed by atoms with Gasteiger partial charge in [-0.15, -0.1) is 0 Å². The zero-order valence-corrected chi connectivity index (χ0v) is 23.3. The Labute approximate surface area is 247 Å². The molecule has 0 aliphatic heterocycles. The van der Waals surface area contributed by atoms with E-state index >= 15 is 0 Å². The molecule has 0 fully saturated rings. The molecule has 0 bridgehead atoms. The molecule has 0 atom stereocenters. The topological polar surface area (TPSA) is 13.1 Å². The predicted octanol–water partition coefficient (Wildman–Crippen LogP) is 12.1. The Morgan fingerprint density at radius 2 is 0.884 bits per heavy atom. The van der Waals surface area contributed by atoms with E-state index in [9.17, 15) is 0 Å². The first-order valence-electron chi connectivity index (χ1n) is 14.9. The summed E-state index contributed by atoms with van der Waals surface area (Å²) in [6.45, 7) is 0. The van der Waals surface area contributed by atoms with Crippen LogP contribution >= 0.6 is 0 Å². The van der Waals surface area contributed by atoms with Gasteiger partial charge < -0.3 is 4.42 Å². The van der Waals surface area contributed by atoms with Gasteiger partial charge in [-0.2, -0.15) is 0 Å². The van der Waals surface area contributed by atoms with Crippen molar-refractivity contribution < 1.29 is 4.42 Å². The average molecular weight is 545 g/mol. The van der Waals surface area contributed by atoms with Gasteiger partial charge in [0.15, 0.2) is 0 Å². The SMILES string of the molecule is c1cc2ccc3ccc(-c4c5ccccc5c(-c5ccc6oc7ccccc7c6c5)c5ccccc45)c4ccc(c1)c2c34. The van der Waals surface area contributed by atoms with Gasteiger partial charge in [0.1, 0.15) is 11.2 Å². The van der Waals surface area contributed by atoms with Gasteiger partial charge in [-0.25, -0.2) is 0 Å². The highest BCUT2D eigenvalue weighted by atomic mass is 16.3. The van der Waals surface area contributed by atoms with E-state index in [-0.39, 0.29) is 0 Å². The quantitative estimate of drug-likeness (QED) is 0.156. The average Bonchev–Trinajstić information content (AvgIpc) is 3.44. The standard InChI is InChI=1S/C42H24O/c1-3-13-32-30(11-1)40(28-20-23-38-36(24-28)29-10-5-6-15-37(29)43-38)31-12-2-4-14-33(31)42(32)35-22-19-27-17-16-25-8-7-9-26-18-21-34(35)41(27)39(25)26/h1-24H. The molecular formula is C42H24O. The Morgan fingerprint density at radius 1 is 0.326 bits per heavy atom. The van der Waals surface area contributed by atoms with Crippen LogP contribution in [0.1, 0.15) is 0 Å². The molecule has 0 aliphatic rings. The first-order chi connectivity index (χ1) is 21.3. The van der Waals surface area contributed by atoms with E-state index in [1.165, 1.54) is 76.1 Å². The normalized spacial score (nSPS) is 12.2. The van der Waals surface area contributed by atoms with Crippen LogP contribution in [-0.4, -0.2) is 0 Å². The van der Waals surface area contributed by atoms with E-state index < -0.39 is 0 Å². The summed E-state index contributed by atoms with van der Waals surface area (Å²) in [6.07, 6.45) is 0. The molecule has 10 aromatic rings. The van der Waals surface area contributed by atoms with E-state index in [0.29, 0.717) is 0 Å². The van der Waals surface area contributed by atoms with Crippen LogP contribution in [-0.2, 0) is 0 Å². The molecule has 0 saturated carbocycles. The molecule has 10 rings (SSSR count). The maximum Gasteiger partial charge on any atom is 0.135 e. The van der Waals surface area contributed by atoms with Crippen molar-refractivity contribution >= 4 is 75.8 Å². The Bertz CT molecular complexity index is 2650. The summed E-state index contributed by atoms with van der Waals surface area (Å²) in [5.74, 6) is 0. The maximum absolute atomic E-state index is 6.18. The van der Waals surface area contributed by atoms with Crippen LogP contribution in [0.15, 0.2) is 150 Å². The molecular weight excluding hydrogens is 520 g/mol. The Kier molecular flexibility index (Phi) is 4.51. The van der Waals surface area contributed by atoms with Crippen LogP contribution in [0.4, 0.5) is 0 Å². The Balaban J connectivity index is 1.34. The molecule has 1 heterocycles. The monoisotopic (exact) mass is 544 g/mol. The van der Waals surface area contributed by atoms with Crippen molar-refractivity contribution in [2.75, 3.05) is 0 Å². The van der Waals surface area contributed by atoms with Crippen molar-refractivity contribution in [2.45, 2.75) is 0 Å². The molecule has 0 aliphatic carbocycles. The Hall–Kier alpha value is -5.66. The molecule has 0 amide bonds. The largest absolute Gasteiger partial charge is 0.456 e. The van der Waals surface area contributed by atoms with Gasteiger partial charge in [0.2, 0.25) is 0 Å². The molecule has 1 heteroatoms. The van der Waals surface area contributed by atoms with Gasteiger partial charge in [0.05, 0.1) is 0 Å². The molecule has 0 spiro atoms. The minimum atomic E-state index is 0.920. The van der Waals surface area contributed by atoms with Crippen molar-refractivity contribution in [3.8, 4) is 22.3 Å². The lowest BCUT2D eigenvalue weighted by Gasteiger charge is -2.20. The van der Waals surface area contributed by atoms with Crippen LogP contribution < -0.4 is 0 Å². The first kappa shape index (κ1) is 23.0. The molecule has 43 heavy (non-hydrogen) atoms. The van der Waals surface area contributed by atoms with E-state index in [0.717, 1.165) is 21.9 Å². The number of rotatable bonds is 2. The summed E-state index contributed by atoms with van der Waals surface area (Å²) in [7, 11) is 0. The van der Waals surface area contributed by atoms with E-state index in [2.05, 4.69) is 133 Å². The number of para-hydroxylation sites is 1. The lowest BCUT2D eigenvalue weighted by Crippen LogP contribution is -1.92. The molecule has 9 aromatic carbocycles. The second-order valence-electron chi connectivity index (χ2n) is 11.6. The fraction of sp³-hybridized carbons (Fsp3) is 0. The third-order valence-corrected chi connectivity index (χ3v) is 9.39. The number of furan rings is 1. The number of benzene rings is 9. The van der Waals surface area contributed by atoms with Gasteiger partial charge in [-0.05, 0) is 94.3 Å². The molecule has 0 N–H and O–H groups in total. The fourth-order valence-corrected chi connectivity index (χ4v) is 7.56. The molecule has 1 nitrogen and oxygen atoms in total. The van der Waals surface area contributed by atoms with E-state index in [1.54, 1.807) is 0 Å². The zero-order chi connectivity index (χ0) is 28.1. The second kappa shape index (κ2) is 8.44. The van der Waals surface area contributed by atoms with Gasteiger partial charge in [-0.3, -0.25) is 0 Å². The third-order valence-electron chi connectivity index (χ3n) is 9.39. The smallest absolute Gasteiger partial charge is 0.135 e. The molecule has 198 valence electrons. The van der Waals surface area contributed by atoms with Crippen molar-refractivity contribution in [1.82, 2.24) is 0 Å². The van der Waals surface area contributed by atoms with Crippen LogP contribution in [0.25, 0.3) is 98.1 Å². The summed E-state index contributed by atoms with van der Waals surface area (Å²) < 4.78 is 6.18. The lowest BCUT2D eigenvalue weighted by atomic mass is 9.83. The third kappa shape index (κ3) is 3.11. The van der Waals surface area contributed by atoms with Gasteiger partial charge in [0.25, 0.3) is 0 Å². The van der Waals surface area contributed by atoms with E-state index in [4.69, 9.17) is 4.42 Å². The maximum atomic E-state index is 6.18. The van der Waals surface area contributed by atoms with Gasteiger partial charge in [0, 0.05) is 10.8 Å². The minimum Gasteiger partial charge on any atom is -0.456 e. The van der Waals surface area contributed by atoms with Crippen LogP contribution in [0.5, 0.6) is 0 Å². The molecule has 0 radical (unpaired) electrons. The fourth-order valence-electron chi connectivity index (χ4n) is 7.56. The van der Waals surface area contributed by atoms with Crippen LogP contribution in [0.3, 0.4) is 0 Å². The number of hydrogen-bond acceptors (Lipinski definition) is 1. The molecule has 0 unspecified atom stereocenters. The van der Waals surface area contributed by atoms with Gasteiger partial charge in [-0.1, -0.05) is 127 Å². The van der Waals surface area contributed by atoms with Crippen molar-refractivity contribution in [3.63, 3.8) is 0 Å². The lowest BCUT2D eigenvalue weighted by molar-refractivity contribution is 0.669. The highest BCUT2D eigenvalue weighted by molar-refractivity contribution is 6.29. The second-order valence-corrected chi connectivity index (χ2v) is 11.6. The highest BCUT2D eigenvalue weighted by Gasteiger charge is 2.20. The van der Waals surface area contributed by atoms with Gasteiger partial charge >= 0.3 is 0 Å². The summed E-state index contributed by atoms with van der Waals surface area (Å²) in [5.41, 5.74) is 6.88. The number of hydrogen-bond donors (Lipinski definition) is 0. The van der Waals surface area contributed by atoms with Crippen LogP contribution in [0.2, 0.25) is 0 Å². The summed E-state index contributed by atoms with van der Waals surface area (Å²) in [6, 6.07) is 53.2. The highest BCUT2D eigenvalue weighted by Crippen LogP contribution is 2.47. The van der Waals surface area contributed by atoms with Crippen molar-refractivity contribution in [3.05, 3.63) is 146 Å². The minimum absolute atomic E-state index is 0.920. The summed E-state index contributed by atoms with van der Waals surface area (Å²) in [5, 5.41) is 15.2. The van der Waals surface area contributed by atoms with Crippen LogP contribution in [0, 0.1) is 0 Å². The van der Waals surface area contributed by atoms with Crippen molar-refractivity contribution in [1.29, 1.82) is 0 Å².